The second-order valence-corrected chi connectivity index (χ2v) is 11.0. The first kappa shape index (κ1) is 26.9. The van der Waals surface area contributed by atoms with Gasteiger partial charge in [-0.3, -0.25) is 14.8 Å². The van der Waals surface area contributed by atoms with Gasteiger partial charge in [0.1, 0.15) is 5.75 Å². The van der Waals surface area contributed by atoms with Crippen molar-refractivity contribution in [2.24, 2.45) is 0 Å². The van der Waals surface area contributed by atoms with Gasteiger partial charge >= 0.3 is 5.97 Å². The van der Waals surface area contributed by atoms with E-state index < -0.39 is 11.4 Å². The van der Waals surface area contributed by atoms with Crippen LogP contribution in [0.25, 0.3) is 5.57 Å². The molecular formula is C35H29N3O4. The van der Waals surface area contributed by atoms with Crippen molar-refractivity contribution in [2.75, 3.05) is 4.90 Å². The molecule has 0 aliphatic heterocycles. The van der Waals surface area contributed by atoms with Gasteiger partial charge in [-0.2, -0.15) is 0 Å². The lowest BCUT2D eigenvalue weighted by molar-refractivity contribution is -0.110. The number of rotatable bonds is 7. The standard InChI is InChI=1S/C35H29N3O4/c1-35(2)31-18-25(39)10-13-28(31)33(29-14-11-26(40)19-32(29)35)27-12-9-24(17-30(27)34(41)42)38(20-22-7-3-5-15-36-22)21-23-8-4-6-16-37-23/h3-19,39H,20-21H2,1-2H3,(H,41,42). The molecule has 2 aliphatic rings. The van der Waals surface area contributed by atoms with Crippen molar-refractivity contribution in [1.29, 1.82) is 0 Å². The Labute approximate surface area is 243 Å². The van der Waals surface area contributed by atoms with Crippen molar-refractivity contribution in [1.82, 2.24) is 9.97 Å². The largest absolute Gasteiger partial charge is 0.508 e. The van der Waals surface area contributed by atoms with Crippen LogP contribution in [0.1, 0.15) is 52.3 Å². The number of hydrogen-bond donors (Lipinski definition) is 2. The topological polar surface area (TPSA) is 104 Å². The minimum atomic E-state index is -1.07. The highest BCUT2D eigenvalue weighted by Crippen LogP contribution is 2.51. The maximum absolute atomic E-state index is 12.9. The summed E-state index contributed by atoms with van der Waals surface area (Å²) in [6, 6.07) is 22.0. The predicted molar refractivity (Wildman–Crippen MR) is 161 cm³/mol. The minimum Gasteiger partial charge on any atom is -0.508 e. The average molecular weight is 556 g/mol. The number of carboxylic acids is 1. The smallest absolute Gasteiger partial charge is 0.336 e. The monoisotopic (exact) mass is 555 g/mol. The van der Waals surface area contributed by atoms with Gasteiger partial charge in [-0.1, -0.05) is 44.2 Å². The number of allylic oxidation sites excluding steroid dienone is 5. The highest BCUT2D eigenvalue weighted by atomic mass is 16.4. The highest BCUT2D eigenvalue weighted by Gasteiger charge is 2.39. The van der Waals surface area contributed by atoms with Gasteiger partial charge in [-0.25, -0.2) is 4.79 Å². The molecule has 4 aromatic rings. The molecule has 42 heavy (non-hydrogen) atoms. The number of fused-ring (bicyclic) bond motifs is 2. The summed E-state index contributed by atoms with van der Waals surface area (Å²) in [4.78, 5) is 36.4. The van der Waals surface area contributed by atoms with Gasteiger partial charge in [-0.05, 0) is 94.1 Å². The number of ketones is 1. The number of carbonyl (C=O) groups is 2. The van der Waals surface area contributed by atoms with Crippen molar-refractivity contribution in [3.8, 4) is 5.75 Å². The molecule has 0 atom stereocenters. The van der Waals surface area contributed by atoms with Crippen molar-refractivity contribution in [2.45, 2.75) is 32.4 Å². The van der Waals surface area contributed by atoms with E-state index in [4.69, 9.17) is 0 Å². The first-order valence-corrected chi connectivity index (χ1v) is 13.7. The zero-order valence-corrected chi connectivity index (χ0v) is 23.3. The van der Waals surface area contributed by atoms with Crippen LogP contribution in [0.2, 0.25) is 0 Å². The number of carbonyl (C=O) groups excluding carboxylic acids is 1. The van der Waals surface area contributed by atoms with E-state index in [0.717, 1.165) is 33.7 Å². The summed E-state index contributed by atoms with van der Waals surface area (Å²) in [5.41, 5.74) is 6.41. The summed E-state index contributed by atoms with van der Waals surface area (Å²) in [5.74, 6) is -1.09. The molecule has 208 valence electrons. The molecule has 0 saturated heterocycles. The van der Waals surface area contributed by atoms with Gasteiger partial charge in [0.2, 0.25) is 0 Å². The third-order valence-corrected chi connectivity index (χ3v) is 7.91. The van der Waals surface area contributed by atoms with E-state index in [-0.39, 0.29) is 17.1 Å². The van der Waals surface area contributed by atoms with E-state index >= 15 is 0 Å². The van der Waals surface area contributed by atoms with Gasteiger partial charge in [-0.15, -0.1) is 0 Å². The average Bonchev–Trinajstić information content (AvgIpc) is 2.99. The Bertz CT molecular complexity index is 1760. The minimum absolute atomic E-state index is 0.108. The number of aromatic nitrogens is 2. The summed E-state index contributed by atoms with van der Waals surface area (Å²) >= 11 is 0. The van der Waals surface area contributed by atoms with Crippen LogP contribution in [0.4, 0.5) is 5.69 Å². The van der Waals surface area contributed by atoms with Crippen molar-refractivity contribution in [3.63, 3.8) is 0 Å². The lowest BCUT2D eigenvalue weighted by atomic mass is 9.64. The second-order valence-electron chi connectivity index (χ2n) is 11.0. The number of benzene rings is 2. The fourth-order valence-corrected chi connectivity index (χ4v) is 5.84. The SMILES string of the molecule is CC1(C)C2=CC(=O)C=CC2=C(c2ccc(N(Cc3ccccn3)Cc3ccccn3)cc2C(=O)O)c2ccc(O)cc21. The second kappa shape index (κ2) is 10.6. The molecule has 2 heterocycles. The summed E-state index contributed by atoms with van der Waals surface area (Å²) < 4.78 is 0. The van der Waals surface area contributed by atoms with Crippen molar-refractivity contribution in [3.05, 3.63) is 148 Å². The van der Waals surface area contributed by atoms with E-state index in [2.05, 4.69) is 14.9 Å². The number of carboxylic acid groups (broad SMARTS) is 1. The number of phenols is 1. The summed E-state index contributed by atoms with van der Waals surface area (Å²) in [6.45, 7) is 4.93. The van der Waals surface area contributed by atoms with E-state index in [0.29, 0.717) is 29.9 Å². The van der Waals surface area contributed by atoms with E-state index in [1.165, 1.54) is 6.08 Å². The zero-order chi connectivity index (χ0) is 29.4. The normalized spacial score (nSPS) is 15.1. The lowest BCUT2D eigenvalue weighted by Gasteiger charge is -2.39. The third kappa shape index (κ3) is 4.90. The number of aromatic carboxylic acids is 1. The Morgan fingerprint density at radius 2 is 1.52 bits per heavy atom. The first-order chi connectivity index (χ1) is 20.2. The van der Waals surface area contributed by atoms with E-state index in [9.17, 15) is 19.8 Å². The van der Waals surface area contributed by atoms with E-state index in [1.54, 1.807) is 42.7 Å². The number of hydrogen-bond acceptors (Lipinski definition) is 6. The molecule has 7 nitrogen and oxygen atoms in total. The number of anilines is 1. The molecule has 0 radical (unpaired) electrons. The Balaban J connectivity index is 1.53. The van der Waals surface area contributed by atoms with Crippen LogP contribution in [-0.4, -0.2) is 31.9 Å². The Morgan fingerprint density at radius 3 is 2.14 bits per heavy atom. The molecular weight excluding hydrogens is 526 g/mol. The zero-order valence-electron chi connectivity index (χ0n) is 23.3. The number of nitrogens with zero attached hydrogens (tertiary/aromatic N) is 3. The Hall–Kier alpha value is -5.30. The van der Waals surface area contributed by atoms with Crippen LogP contribution < -0.4 is 4.90 Å². The predicted octanol–water partition coefficient (Wildman–Crippen LogP) is 6.25. The van der Waals surface area contributed by atoms with Crippen LogP contribution >= 0.6 is 0 Å². The molecule has 2 N–H and O–H groups in total. The lowest BCUT2D eigenvalue weighted by Crippen LogP contribution is -2.29. The van der Waals surface area contributed by atoms with Gasteiger partial charge in [0, 0.05) is 23.5 Å². The molecule has 2 aromatic heterocycles. The van der Waals surface area contributed by atoms with Gasteiger partial charge in [0.15, 0.2) is 5.78 Å². The number of pyridine rings is 2. The van der Waals surface area contributed by atoms with Crippen LogP contribution in [0.15, 0.2) is 115 Å². The molecule has 0 bridgehead atoms. The van der Waals surface area contributed by atoms with Crippen LogP contribution in [0.5, 0.6) is 5.75 Å². The summed E-state index contributed by atoms with van der Waals surface area (Å²) in [7, 11) is 0. The molecule has 7 heteroatoms. The highest BCUT2D eigenvalue weighted by molar-refractivity contribution is 6.07. The molecule has 0 spiro atoms. The maximum Gasteiger partial charge on any atom is 0.336 e. The molecule has 0 unspecified atom stereocenters. The van der Waals surface area contributed by atoms with Crippen molar-refractivity contribution >= 4 is 23.0 Å². The third-order valence-electron chi connectivity index (χ3n) is 7.91. The van der Waals surface area contributed by atoms with Crippen LogP contribution in [-0.2, 0) is 23.3 Å². The molecule has 2 aromatic carbocycles. The molecule has 0 amide bonds. The molecule has 6 rings (SSSR count). The fourth-order valence-electron chi connectivity index (χ4n) is 5.84. The number of phenolic OH excluding ortho intramolecular Hbond substituents is 1. The summed E-state index contributed by atoms with van der Waals surface area (Å²) in [5, 5.41) is 20.9. The van der Waals surface area contributed by atoms with Crippen molar-refractivity contribution < 1.29 is 19.8 Å². The quantitative estimate of drug-likeness (QED) is 0.278. The summed E-state index contributed by atoms with van der Waals surface area (Å²) in [6.07, 6.45) is 8.37. The first-order valence-electron chi connectivity index (χ1n) is 13.7. The van der Waals surface area contributed by atoms with Crippen LogP contribution in [0, 0.1) is 0 Å². The maximum atomic E-state index is 12.9. The fraction of sp³-hybridized carbons (Fsp3) is 0.143. The molecule has 0 saturated carbocycles. The van der Waals surface area contributed by atoms with Crippen LogP contribution in [0.3, 0.4) is 0 Å². The Morgan fingerprint density at radius 1 is 0.857 bits per heavy atom. The van der Waals surface area contributed by atoms with Gasteiger partial charge < -0.3 is 15.1 Å². The molecule has 0 fully saturated rings. The Kier molecular flexibility index (Phi) is 6.78. The van der Waals surface area contributed by atoms with Gasteiger partial charge in [0.25, 0.3) is 0 Å². The van der Waals surface area contributed by atoms with Gasteiger partial charge in [0.05, 0.1) is 30.0 Å². The molecule has 2 aliphatic carbocycles. The van der Waals surface area contributed by atoms with E-state index in [1.807, 2.05) is 68.4 Å². The number of aromatic hydroxyl groups is 1.